The van der Waals surface area contributed by atoms with Gasteiger partial charge in [-0.1, -0.05) is 18.2 Å². The molecule has 0 saturated carbocycles. The number of carboxylic acids is 2. The number of amides is 3. The molecule has 1 aliphatic heterocycles. The van der Waals surface area contributed by atoms with Crippen LogP contribution in [0.2, 0.25) is 0 Å². The Morgan fingerprint density at radius 3 is 2.53 bits per heavy atom. The van der Waals surface area contributed by atoms with Crippen LogP contribution < -0.4 is 16.4 Å². The summed E-state index contributed by atoms with van der Waals surface area (Å²) in [5.74, 6) is -4.66. The Morgan fingerprint density at radius 1 is 1.12 bits per heavy atom. The second-order valence-corrected chi connectivity index (χ2v) is 8.07. The molecule has 1 aromatic heterocycles. The van der Waals surface area contributed by atoms with Crippen LogP contribution in [0.15, 0.2) is 30.5 Å². The summed E-state index contributed by atoms with van der Waals surface area (Å²) in [5.41, 5.74) is 7.08. The minimum Gasteiger partial charge on any atom is -0.481 e. The molecule has 12 heteroatoms. The quantitative estimate of drug-likeness (QED) is 0.258. The van der Waals surface area contributed by atoms with Gasteiger partial charge in [-0.3, -0.25) is 19.2 Å². The number of likely N-dealkylation sites (tertiary alicyclic amines) is 1. The first-order valence-corrected chi connectivity index (χ1v) is 10.8. The topological polar surface area (TPSA) is 195 Å². The Labute approximate surface area is 194 Å². The second-order valence-electron chi connectivity index (χ2n) is 8.07. The van der Waals surface area contributed by atoms with E-state index in [0.29, 0.717) is 6.42 Å². The van der Waals surface area contributed by atoms with Crippen molar-refractivity contribution >= 4 is 40.6 Å². The summed E-state index contributed by atoms with van der Waals surface area (Å²) >= 11 is 0. The van der Waals surface area contributed by atoms with Crippen molar-refractivity contribution < 1.29 is 34.2 Å². The third-order valence-electron chi connectivity index (χ3n) is 5.75. The average Bonchev–Trinajstić information content (AvgIpc) is 3.45. The maximum absolute atomic E-state index is 13.4. The highest BCUT2D eigenvalue weighted by molar-refractivity contribution is 5.95. The number of H-pyrrole nitrogens is 1. The van der Waals surface area contributed by atoms with Gasteiger partial charge in [0.1, 0.15) is 18.1 Å². The van der Waals surface area contributed by atoms with Gasteiger partial charge >= 0.3 is 11.9 Å². The van der Waals surface area contributed by atoms with Gasteiger partial charge in [-0.15, -0.1) is 0 Å². The van der Waals surface area contributed by atoms with E-state index in [1.807, 2.05) is 24.3 Å². The summed E-state index contributed by atoms with van der Waals surface area (Å²) in [4.78, 5) is 64.9. The molecule has 2 aromatic rings. The molecule has 0 spiro atoms. The van der Waals surface area contributed by atoms with Crippen molar-refractivity contribution in [1.29, 1.82) is 0 Å². The number of carboxylic acid groups (broad SMARTS) is 2. The van der Waals surface area contributed by atoms with Gasteiger partial charge in [-0.05, 0) is 24.5 Å². The molecule has 7 N–H and O–H groups in total. The number of hydrogen-bond acceptors (Lipinski definition) is 6. The monoisotopic (exact) mass is 473 g/mol. The van der Waals surface area contributed by atoms with Gasteiger partial charge in [0, 0.05) is 30.1 Å². The fourth-order valence-corrected chi connectivity index (χ4v) is 4.12. The van der Waals surface area contributed by atoms with Crippen LogP contribution in [0.5, 0.6) is 0 Å². The first kappa shape index (κ1) is 24.7. The molecule has 1 saturated heterocycles. The minimum absolute atomic E-state index is 0.149. The van der Waals surface area contributed by atoms with Crippen LogP contribution in [0.3, 0.4) is 0 Å². The highest BCUT2D eigenvalue weighted by Gasteiger charge is 2.39. The molecule has 2 heterocycles. The molecular formula is C22H27N5O7. The largest absolute Gasteiger partial charge is 0.481 e. The standard InChI is InChI=1S/C22H27N5O7/c23-10-18(28)25-15(8-12-11-24-14-5-2-1-4-13(12)14)21(32)27-7-3-6-17(27)20(31)26-16(22(33)34)9-19(29)30/h1-2,4-5,11,15-17,24H,3,6-10,23H2,(H,25,28)(H,26,31)(H,29,30)(H,33,34). The Morgan fingerprint density at radius 2 is 1.85 bits per heavy atom. The van der Waals surface area contributed by atoms with Crippen molar-refractivity contribution in [3.05, 3.63) is 36.0 Å². The van der Waals surface area contributed by atoms with Gasteiger partial charge in [0.15, 0.2) is 0 Å². The van der Waals surface area contributed by atoms with Crippen LogP contribution in [0, 0.1) is 0 Å². The van der Waals surface area contributed by atoms with Gasteiger partial charge in [0.2, 0.25) is 17.7 Å². The fraction of sp³-hybridized carbons (Fsp3) is 0.409. The molecule has 0 bridgehead atoms. The summed E-state index contributed by atoms with van der Waals surface area (Å²) in [5, 5.41) is 23.8. The Hall–Kier alpha value is -3.93. The predicted octanol–water partition coefficient (Wildman–Crippen LogP) is -0.811. The molecule has 1 fully saturated rings. The molecule has 3 amide bonds. The molecule has 12 nitrogen and oxygen atoms in total. The van der Waals surface area contributed by atoms with E-state index in [1.54, 1.807) is 6.20 Å². The lowest BCUT2D eigenvalue weighted by Crippen LogP contribution is -2.56. The number of aromatic nitrogens is 1. The number of nitrogens with one attached hydrogen (secondary N) is 3. The smallest absolute Gasteiger partial charge is 0.326 e. The van der Waals surface area contributed by atoms with E-state index in [-0.39, 0.29) is 25.9 Å². The molecule has 1 aliphatic rings. The number of hydrogen-bond donors (Lipinski definition) is 6. The number of carbonyl (C=O) groups is 5. The van der Waals surface area contributed by atoms with E-state index in [9.17, 15) is 29.1 Å². The lowest BCUT2D eigenvalue weighted by molar-refractivity contribution is -0.148. The Bertz CT molecular complexity index is 1100. The van der Waals surface area contributed by atoms with Crippen molar-refractivity contribution in [3.8, 4) is 0 Å². The predicted molar refractivity (Wildman–Crippen MR) is 120 cm³/mol. The van der Waals surface area contributed by atoms with E-state index in [2.05, 4.69) is 15.6 Å². The van der Waals surface area contributed by atoms with E-state index >= 15 is 0 Å². The Balaban J connectivity index is 1.80. The van der Waals surface area contributed by atoms with Crippen molar-refractivity contribution in [3.63, 3.8) is 0 Å². The maximum atomic E-state index is 13.4. The molecule has 182 valence electrons. The number of aliphatic carboxylic acids is 2. The summed E-state index contributed by atoms with van der Waals surface area (Å²) in [6, 6.07) is 3.87. The van der Waals surface area contributed by atoms with E-state index in [0.717, 1.165) is 16.5 Å². The lowest BCUT2D eigenvalue weighted by Gasteiger charge is -2.29. The van der Waals surface area contributed by atoms with Crippen LogP contribution in [-0.2, 0) is 30.4 Å². The van der Waals surface area contributed by atoms with Gasteiger partial charge in [0.05, 0.1) is 13.0 Å². The third kappa shape index (κ3) is 5.70. The van der Waals surface area contributed by atoms with Gasteiger partial charge in [-0.2, -0.15) is 0 Å². The van der Waals surface area contributed by atoms with E-state index in [4.69, 9.17) is 10.8 Å². The Kier molecular flexibility index (Phi) is 7.84. The van der Waals surface area contributed by atoms with Crippen LogP contribution >= 0.6 is 0 Å². The molecule has 3 rings (SSSR count). The van der Waals surface area contributed by atoms with Crippen molar-refractivity contribution in [2.24, 2.45) is 5.73 Å². The minimum atomic E-state index is -1.62. The molecule has 3 unspecified atom stereocenters. The summed E-state index contributed by atoms with van der Waals surface area (Å²) in [6.45, 7) is -0.0898. The van der Waals surface area contributed by atoms with Crippen molar-refractivity contribution in [2.45, 2.75) is 43.8 Å². The van der Waals surface area contributed by atoms with Crippen molar-refractivity contribution in [1.82, 2.24) is 20.5 Å². The first-order chi connectivity index (χ1) is 16.2. The number of nitrogens with two attached hydrogens (primary N) is 1. The zero-order chi connectivity index (χ0) is 24.8. The van der Waals surface area contributed by atoms with Crippen molar-refractivity contribution in [2.75, 3.05) is 13.1 Å². The third-order valence-corrected chi connectivity index (χ3v) is 5.75. The van der Waals surface area contributed by atoms with Crippen LogP contribution in [0.4, 0.5) is 0 Å². The highest BCUT2D eigenvalue weighted by Crippen LogP contribution is 2.23. The highest BCUT2D eigenvalue weighted by atomic mass is 16.4. The zero-order valence-corrected chi connectivity index (χ0v) is 18.3. The average molecular weight is 473 g/mol. The molecule has 0 aliphatic carbocycles. The number of aromatic amines is 1. The summed E-state index contributed by atoms with van der Waals surface area (Å²) in [7, 11) is 0. The summed E-state index contributed by atoms with van der Waals surface area (Å²) < 4.78 is 0. The second kappa shape index (κ2) is 10.8. The maximum Gasteiger partial charge on any atom is 0.326 e. The number of para-hydroxylation sites is 1. The van der Waals surface area contributed by atoms with E-state index in [1.165, 1.54) is 4.90 Å². The molecule has 1 aromatic carbocycles. The number of rotatable bonds is 10. The van der Waals surface area contributed by atoms with E-state index < -0.39 is 54.2 Å². The number of nitrogens with zero attached hydrogens (tertiary/aromatic N) is 1. The van der Waals surface area contributed by atoms with Crippen LogP contribution in [-0.4, -0.2) is 81.0 Å². The molecule has 0 radical (unpaired) electrons. The van der Waals surface area contributed by atoms with Gasteiger partial charge in [0.25, 0.3) is 0 Å². The molecular weight excluding hydrogens is 446 g/mol. The molecule has 34 heavy (non-hydrogen) atoms. The van der Waals surface area contributed by atoms with Crippen LogP contribution in [0.25, 0.3) is 10.9 Å². The van der Waals surface area contributed by atoms with Gasteiger partial charge in [-0.25, -0.2) is 4.79 Å². The number of benzene rings is 1. The SMILES string of the molecule is NCC(=O)NC(Cc1c[nH]c2ccccc12)C(=O)N1CCCC1C(=O)NC(CC(=O)O)C(=O)O. The number of carbonyl (C=O) groups excluding carboxylic acids is 3. The van der Waals surface area contributed by atoms with Crippen LogP contribution in [0.1, 0.15) is 24.8 Å². The summed E-state index contributed by atoms with van der Waals surface area (Å²) in [6.07, 6.45) is 1.87. The fourth-order valence-electron chi connectivity index (χ4n) is 4.12. The number of fused-ring (bicyclic) bond motifs is 1. The first-order valence-electron chi connectivity index (χ1n) is 10.8. The normalized spacial score (nSPS) is 17.2. The van der Waals surface area contributed by atoms with Gasteiger partial charge < -0.3 is 36.5 Å². The zero-order valence-electron chi connectivity index (χ0n) is 18.3. The molecule has 3 atom stereocenters. The lowest BCUT2D eigenvalue weighted by atomic mass is 10.0.